The van der Waals surface area contributed by atoms with E-state index in [4.69, 9.17) is 4.74 Å². The Hall–Kier alpha value is -1.10. The van der Waals surface area contributed by atoms with E-state index >= 15 is 0 Å². The van der Waals surface area contributed by atoms with Crippen LogP contribution in [0.3, 0.4) is 0 Å². The molecular formula is C23H41N3O. The van der Waals surface area contributed by atoms with E-state index in [1.165, 1.54) is 64.0 Å². The zero-order valence-electron chi connectivity index (χ0n) is 17.7. The largest absolute Gasteiger partial charge is 0.494 e. The maximum atomic E-state index is 5.93. The van der Waals surface area contributed by atoms with E-state index in [1.54, 1.807) is 0 Å². The highest BCUT2D eigenvalue weighted by Gasteiger charge is 2.09. The van der Waals surface area contributed by atoms with Crippen molar-refractivity contribution in [2.45, 2.75) is 52.4 Å². The van der Waals surface area contributed by atoms with Gasteiger partial charge in [0.2, 0.25) is 0 Å². The van der Waals surface area contributed by atoms with Gasteiger partial charge in [-0.3, -0.25) is 0 Å². The molecule has 0 spiro atoms. The third-order valence-corrected chi connectivity index (χ3v) is 5.44. The van der Waals surface area contributed by atoms with Crippen LogP contribution in [0.1, 0.15) is 51.5 Å². The quantitative estimate of drug-likeness (QED) is 0.700. The highest BCUT2D eigenvalue weighted by molar-refractivity contribution is 5.27. The lowest BCUT2D eigenvalue weighted by Crippen LogP contribution is -2.44. The van der Waals surface area contributed by atoms with E-state index < -0.39 is 0 Å². The summed E-state index contributed by atoms with van der Waals surface area (Å²) < 4.78 is 5.93. The second-order valence-electron chi connectivity index (χ2n) is 7.44. The molecule has 2 aliphatic rings. The van der Waals surface area contributed by atoms with Gasteiger partial charge in [-0.05, 0) is 56.5 Å². The molecule has 1 N–H and O–H groups in total. The minimum atomic E-state index is 0.830. The number of likely N-dealkylation sites (tertiary alicyclic amines) is 1. The SMILES string of the molecule is CC.c1cc(OCCCN2CCCCCC2)ccc1CCN1CCNCC1. The van der Waals surface area contributed by atoms with Crippen molar-refractivity contribution in [3.05, 3.63) is 29.8 Å². The van der Waals surface area contributed by atoms with E-state index in [2.05, 4.69) is 39.4 Å². The Morgan fingerprint density at radius 2 is 1.44 bits per heavy atom. The van der Waals surface area contributed by atoms with E-state index in [0.29, 0.717) is 0 Å². The summed E-state index contributed by atoms with van der Waals surface area (Å²) in [5.41, 5.74) is 1.41. The molecule has 2 fully saturated rings. The first-order valence-electron chi connectivity index (χ1n) is 11.3. The summed E-state index contributed by atoms with van der Waals surface area (Å²) in [4.78, 5) is 5.15. The van der Waals surface area contributed by atoms with Gasteiger partial charge in [0, 0.05) is 39.3 Å². The van der Waals surface area contributed by atoms with Gasteiger partial charge in [0.1, 0.15) is 5.75 Å². The normalized spacial score (nSPS) is 19.0. The van der Waals surface area contributed by atoms with Crippen molar-refractivity contribution in [1.82, 2.24) is 15.1 Å². The smallest absolute Gasteiger partial charge is 0.119 e. The molecule has 0 atom stereocenters. The molecule has 3 rings (SSSR count). The van der Waals surface area contributed by atoms with Crippen LogP contribution in [-0.4, -0.2) is 68.8 Å². The number of benzene rings is 1. The van der Waals surface area contributed by atoms with Crippen LogP contribution >= 0.6 is 0 Å². The number of hydrogen-bond donors (Lipinski definition) is 1. The summed E-state index contributed by atoms with van der Waals surface area (Å²) in [5.74, 6) is 1.02. The fourth-order valence-electron chi connectivity index (χ4n) is 3.81. The maximum Gasteiger partial charge on any atom is 0.119 e. The van der Waals surface area contributed by atoms with E-state index in [9.17, 15) is 0 Å². The molecule has 1 aromatic carbocycles. The molecule has 0 bridgehead atoms. The predicted octanol–water partition coefficient (Wildman–Crippen LogP) is 3.81. The third kappa shape index (κ3) is 9.09. The Kier molecular flexibility index (Phi) is 11.5. The van der Waals surface area contributed by atoms with Crippen LogP contribution in [0.15, 0.2) is 24.3 Å². The average molecular weight is 376 g/mol. The van der Waals surface area contributed by atoms with Crippen LogP contribution < -0.4 is 10.1 Å². The Balaban J connectivity index is 0.00000126. The third-order valence-electron chi connectivity index (χ3n) is 5.44. The van der Waals surface area contributed by atoms with Crippen LogP contribution in [-0.2, 0) is 6.42 Å². The van der Waals surface area contributed by atoms with Crippen molar-refractivity contribution in [2.24, 2.45) is 0 Å². The number of hydrogen-bond acceptors (Lipinski definition) is 4. The lowest BCUT2D eigenvalue weighted by molar-refractivity contribution is 0.239. The molecule has 0 saturated carbocycles. The molecule has 1 aromatic rings. The Morgan fingerprint density at radius 1 is 0.815 bits per heavy atom. The predicted molar refractivity (Wildman–Crippen MR) is 116 cm³/mol. The van der Waals surface area contributed by atoms with Crippen LogP contribution in [0.5, 0.6) is 5.75 Å². The van der Waals surface area contributed by atoms with Crippen LogP contribution in [0.4, 0.5) is 0 Å². The fraction of sp³-hybridized carbons (Fsp3) is 0.739. The second-order valence-corrected chi connectivity index (χ2v) is 7.44. The summed E-state index contributed by atoms with van der Waals surface area (Å²) >= 11 is 0. The highest BCUT2D eigenvalue weighted by atomic mass is 16.5. The van der Waals surface area contributed by atoms with Gasteiger partial charge in [0.15, 0.2) is 0 Å². The van der Waals surface area contributed by atoms with Crippen molar-refractivity contribution in [3.63, 3.8) is 0 Å². The minimum Gasteiger partial charge on any atom is -0.494 e. The van der Waals surface area contributed by atoms with Gasteiger partial charge < -0.3 is 19.9 Å². The van der Waals surface area contributed by atoms with Gasteiger partial charge in [-0.2, -0.15) is 0 Å². The number of nitrogens with zero attached hydrogens (tertiary/aromatic N) is 2. The first-order valence-corrected chi connectivity index (χ1v) is 11.3. The number of piperazine rings is 1. The van der Waals surface area contributed by atoms with Gasteiger partial charge >= 0.3 is 0 Å². The molecule has 0 aromatic heterocycles. The number of nitrogens with one attached hydrogen (secondary N) is 1. The summed E-state index contributed by atoms with van der Waals surface area (Å²) in [6.45, 7) is 14.4. The Bertz CT molecular complexity index is 463. The van der Waals surface area contributed by atoms with Gasteiger partial charge in [-0.15, -0.1) is 0 Å². The summed E-state index contributed by atoms with van der Waals surface area (Å²) in [6.07, 6.45) is 7.83. The standard InChI is InChI=1S/C21H35N3O.C2H6/c1-2-4-14-23(13-3-1)15-5-19-25-21-8-6-20(7-9-21)10-16-24-17-11-22-12-18-24;1-2/h6-9,22H,1-5,10-19H2;1-2H3. The molecule has 0 unspecified atom stereocenters. The van der Waals surface area contributed by atoms with Crippen LogP contribution in [0.25, 0.3) is 0 Å². The van der Waals surface area contributed by atoms with Gasteiger partial charge in [-0.1, -0.05) is 38.8 Å². The zero-order chi connectivity index (χ0) is 19.2. The molecular weight excluding hydrogens is 334 g/mol. The molecule has 2 heterocycles. The summed E-state index contributed by atoms with van der Waals surface area (Å²) in [6, 6.07) is 8.73. The first-order chi connectivity index (χ1) is 13.4. The number of rotatable bonds is 8. The Morgan fingerprint density at radius 3 is 2.11 bits per heavy atom. The molecule has 2 aliphatic heterocycles. The van der Waals surface area contributed by atoms with Crippen molar-refractivity contribution in [1.29, 1.82) is 0 Å². The van der Waals surface area contributed by atoms with Crippen LogP contribution in [0.2, 0.25) is 0 Å². The van der Waals surface area contributed by atoms with Gasteiger partial charge in [0.05, 0.1) is 6.61 Å². The summed E-state index contributed by atoms with van der Waals surface area (Å²) in [7, 11) is 0. The van der Waals surface area contributed by atoms with Crippen LogP contribution in [0, 0.1) is 0 Å². The molecule has 0 amide bonds. The molecule has 0 aliphatic carbocycles. The highest BCUT2D eigenvalue weighted by Crippen LogP contribution is 2.14. The lowest BCUT2D eigenvalue weighted by atomic mass is 10.1. The molecule has 154 valence electrons. The lowest BCUT2D eigenvalue weighted by Gasteiger charge is -2.27. The van der Waals surface area contributed by atoms with E-state index in [0.717, 1.165) is 44.8 Å². The van der Waals surface area contributed by atoms with Gasteiger partial charge in [0.25, 0.3) is 0 Å². The maximum absolute atomic E-state index is 5.93. The number of ether oxygens (including phenoxy) is 1. The molecule has 27 heavy (non-hydrogen) atoms. The molecule has 2 saturated heterocycles. The minimum absolute atomic E-state index is 0.830. The fourth-order valence-corrected chi connectivity index (χ4v) is 3.81. The summed E-state index contributed by atoms with van der Waals surface area (Å²) in [5, 5.41) is 3.41. The van der Waals surface area contributed by atoms with E-state index in [-0.39, 0.29) is 0 Å². The first kappa shape index (κ1) is 22.2. The molecule has 4 heteroatoms. The van der Waals surface area contributed by atoms with Gasteiger partial charge in [-0.25, -0.2) is 0 Å². The molecule has 0 radical (unpaired) electrons. The second kappa shape index (κ2) is 14.0. The topological polar surface area (TPSA) is 27.7 Å². The zero-order valence-corrected chi connectivity index (χ0v) is 17.7. The van der Waals surface area contributed by atoms with E-state index in [1.807, 2.05) is 13.8 Å². The monoisotopic (exact) mass is 375 g/mol. The Labute approximate surface area is 167 Å². The van der Waals surface area contributed by atoms with Crippen molar-refractivity contribution in [3.8, 4) is 5.75 Å². The van der Waals surface area contributed by atoms with Crippen molar-refractivity contribution in [2.75, 3.05) is 59.0 Å². The molecule has 4 nitrogen and oxygen atoms in total. The average Bonchev–Trinajstić information content (AvgIpc) is 3.02. The van der Waals surface area contributed by atoms with Crippen molar-refractivity contribution >= 4 is 0 Å². The van der Waals surface area contributed by atoms with Crippen molar-refractivity contribution < 1.29 is 4.74 Å².